The van der Waals surface area contributed by atoms with Crippen LogP contribution in [-0.2, 0) is 6.61 Å². The highest BCUT2D eigenvalue weighted by Crippen LogP contribution is 2.25. The van der Waals surface area contributed by atoms with Crippen LogP contribution >= 0.6 is 0 Å². The van der Waals surface area contributed by atoms with Crippen LogP contribution in [0.1, 0.15) is 30.4 Å². The van der Waals surface area contributed by atoms with Crippen LogP contribution in [0.25, 0.3) is 0 Å². The molecule has 0 bridgehead atoms. The molecule has 2 rings (SSSR count). The van der Waals surface area contributed by atoms with Crippen LogP contribution < -0.4 is 0 Å². The molecular formula is C12H15NO. The molecule has 0 spiro atoms. The molecule has 1 atom stereocenters. The van der Waals surface area contributed by atoms with Crippen molar-refractivity contribution in [2.75, 3.05) is 6.54 Å². The second-order valence-corrected chi connectivity index (χ2v) is 3.88. The summed E-state index contributed by atoms with van der Waals surface area (Å²) < 4.78 is 0. The molecular weight excluding hydrogens is 174 g/mol. The predicted octanol–water partition coefficient (Wildman–Crippen LogP) is 2.13. The zero-order chi connectivity index (χ0) is 9.97. The average molecular weight is 189 g/mol. The predicted molar refractivity (Wildman–Crippen MR) is 57.7 cm³/mol. The minimum atomic E-state index is 0.125. The summed E-state index contributed by atoms with van der Waals surface area (Å²) in [5, 5.41) is 8.91. The highest BCUT2D eigenvalue weighted by atomic mass is 16.3. The van der Waals surface area contributed by atoms with E-state index in [0.717, 1.165) is 18.5 Å². The zero-order valence-corrected chi connectivity index (χ0v) is 8.40. The number of hydrogen-bond acceptors (Lipinski definition) is 2. The van der Waals surface area contributed by atoms with E-state index >= 15 is 0 Å². The summed E-state index contributed by atoms with van der Waals surface area (Å²) in [7, 11) is 0. The third kappa shape index (κ3) is 1.85. The van der Waals surface area contributed by atoms with E-state index in [2.05, 4.69) is 24.0 Å². The molecule has 0 aliphatic carbocycles. The molecule has 14 heavy (non-hydrogen) atoms. The molecule has 0 saturated carbocycles. The first-order valence-corrected chi connectivity index (χ1v) is 4.99. The van der Waals surface area contributed by atoms with Gasteiger partial charge in [-0.15, -0.1) is 0 Å². The third-order valence-electron chi connectivity index (χ3n) is 2.76. The largest absolute Gasteiger partial charge is 0.392 e. The van der Waals surface area contributed by atoms with Crippen molar-refractivity contribution in [3.63, 3.8) is 0 Å². The molecule has 0 fully saturated rings. The van der Waals surface area contributed by atoms with Gasteiger partial charge in [-0.05, 0) is 24.5 Å². The molecule has 2 nitrogen and oxygen atoms in total. The Morgan fingerprint density at radius 1 is 1.36 bits per heavy atom. The lowest BCUT2D eigenvalue weighted by molar-refractivity contribution is 0.282. The van der Waals surface area contributed by atoms with Crippen molar-refractivity contribution in [3.05, 3.63) is 35.4 Å². The summed E-state index contributed by atoms with van der Waals surface area (Å²) in [6.45, 7) is 3.13. The molecule has 0 saturated heterocycles. The topological polar surface area (TPSA) is 32.6 Å². The first kappa shape index (κ1) is 9.41. The Balaban J connectivity index is 2.11. The van der Waals surface area contributed by atoms with Gasteiger partial charge in [-0.25, -0.2) is 0 Å². The molecule has 1 aromatic rings. The molecule has 1 N–H and O–H groups in total. The maximum atomic E-state index is 8.91. The average Bonchev–Trinajstić information content (AvgIpc) is 2.65. The van der Waals surface area contributed by atoms with E-state index in [1.165, 1.54) is 11.3 Å². The van der Waals surface area contributed by atoms with E-state index in [-0.39, 0.29) is 6.61 Å². The monoisotopic (exact) mass is 189 g/mol. The Bertz CT molecular complexity index is 340. The minimum Gasteiger partial charge on any atom is -0.392 e. The number of hydrogen-bond donors (Lipinski definition) is 1. The van der Waals surface area contributed by atoms with E-state index in [1.807, 2.05) is 12.1 Å². The first-order chi connectivity index (χ1) is 6.79. The van der Waals surface area contributed by atoms with Gasteiger partial charge in [0.1, 0.15) is 0 Å². The molecule has 1 unspecified atom stereocenters. The Morgan fingerprint density at radius 3 is 2.57 bits per heavy atom. The van der Waals surface area contributed by atoms with E-state index in [1.54, 1.807) is 0 Å². The summed E-state index contributed by atoms with van der Waals surface area (Å²) in [6, 6.07) is 8.18. The second-order valence-electron chi connectivity index (χ2n) is 3.88. The van der Waals surface area contributed by atoms with Gasteiger partial charge in [-0.2, -0.15) is 0 Å². The molecule has 1 heterocycles. The van der Waals surface area contributed by atoms with Gasteiger partial charge in [0, 0.05) is 18.2 Å². The molecule has 0 amide bonds. The summed E-state index contributed by atoms with van der Waals surface area (Å²) in [4.78, 5) is 4.40. The molecule has 74 valence electrons. The summed E-state index contributed by atoms with van der Waals surface area (Å²) in [6.07, 6.45) is 1.08. The normalized spacial score (nSPS) is 21.0. The molecule has 1 aliphatic heterocycles. The van der Waals surface area contributed by atoms with Crippen molar-refractivity contribution in [2.24, 2.45) is 4.99 Å². The van der Waals surface area contributed by atoms with Gasteiger partial charge < -0.3 is 5.11 Å². The fourth-order valence-electron chi connectivity index (χ4n) is 1.87. The molecule has 0 radical (unpaired) electrons. The number of nitrogens with zero attached hydrogens (tertiary/aromatic N) is 1. The van der Waals surface area contributed by atoms with Crippen LogP contribution in [-0.4, -0.2) is 17.4 Å². The van der Waals surface area contributed by atoms with Gasteiger partial charge in [0.25, 0.3) is 0 Å². The lowest BCUT2D eigenvalue weighted by Gasteiger charge is -2.08. The van der Waals surface area contributed by atoms with Crippen LogP contribution in [0.3, 0.4) is 0 Å². The van der Waals surface area contributed by atoms with Crippen LogP contribution in [0.5, 0.6) is 0 Å². The fourth-order valence-corrected chi connectivity index (χ4v) is 1.87. The summed E-state index contributed by atoms with van der Waals surface area (Å²) in [5.41, 5.74) is 3.56. The van der Waals surface area contributed by atoms with Crippen molar-refractivity contribution in [2.45, 2.75) is 25.9 Å². The zero-order valence-electron chi connectivity index (χ0n) is 8.40. The van der Waals surface area contributed by atoms with Crippen molar-refractivity contribution < 1.29 is 5.11 Å². The Hall–Kier alpha value is -1.15. The fraction of sp³-hybridized carbons (Fsp3) is 0.417. The number of rotatable bonds is 2. The summed E-state index contributed by atoms with van der Waals surface area (Å²) in [5.74, 6) is 0.558. The number of aliphatic hydroxyl groups is 1. The second kappa shape index (κ2) is 3.93. The number of aliphatic imine (C=N–C) groups is 1. The van der Waals surface area contributed by atoms with Gasteiger partial charge in [0.15, 0.2) is 0 Å². The van der Waals surface area contributed by atoms with Crippen LogP contribution in [0, 0.1) is 0 Å². The maximum Gasteiger partial charge on any atom is 0.0681 e. The van der Waals surface area contributed by atoms with Gasteiger partial charge >= 0.3 is 0 Å². The van der Waals surface area contributed by atoms with Crippen molar-refractivity contribution in [1.29, 1.82) is 0 Å². The van der Waals surface area contributed by atoms with Crippen LogP contribution in [0.4, 0.5) is 0 Å². The van der Waals surface area contributed by atoms with E-state index in [0.29, 0.717) is 5.92 Å². The smallest absolute Gasteiger partial charge is 0.0681 e. The Labute approximate surface area is 84.3 Å². The van der Waals surface area contributed by atoms with E-state index in [4.69, 9.17) is 5.11 Å². The SMILES string of the molecule is CC1=NCC(c2ccc(CO)cc2)C1. The molecule has 1 aromatic carbocycles. The quantitative estimate of drug-likeness (QED) is 0.759. The van der Waals surface area contributed by atoms with Crippen molar-refractivity contribution >= 4 is 5.71 Å². The van der Waals surface area contributed by atoms with Crippen molar-refractivity contribution in [3.8, 4) is 0 Å². The molecule has 1 aliphatic rings. The maximum absolute atomic E-state index is 8.91. The van der Waals surface area contributed by atoms with E-state index in [9.17, 15) is 0 Å². The van der Waals surface area contributed by atoms with Gasteiger partial charge in [0.2, 0.25) is 0 Å². The van der Waals surface area contributed by atoms with Crippen LogP contribution in [0.2, 0.25) is 0 Å². The van der Waals surface area contributed by atoms with E-state index < -0.39 is 0 Å². The Morgan fingerprint density at radius 2 is 2.07 bits per heavy atom. The van der Waals surface area contributed by atoms with Gasteiger partial charge in [0.05, 0.1) is 6.61 Å². The first-order valence-electron chi connectivity index (χ1n) is 4.99. The molecule has 2 heteroatoms. The van der Waals surface area contributed by atoms with Gasteiger partial charge in [-0.1, -0.05) is 24.3 Å². The standard InChI is InChI=1S/C12H15NO/c1-9-6-12(7-13-9)11-4-2-10(8-14)3-5-11/h2-5,12,14H,6-8H2,1H3. The van der Waals surface area contributed by atoms with Crippen LogP contribution in [0.15, 0.2) is 29.3 Å². The third-order valence-corrected chi connectivity index (χ3v) is 2.76. The lowest BCUT2D eigenvalue weighted by Crippen LogP contribution is -1.99. The summed E-state index contributed by atoms with van der Waals surface area (Å²) >= 11 is 0. The molecule has 0 aromatic heterocycles. The highest BCUT2D eigenvalue weighted by Gasteiger charge is 2.17. The lowest BCUT2D eigenvalue weighted by atomic mass is 9.95. The number of benzene rings is 1. The minimum absolute atomic E-state index is 0.125. The Kier molecular flexibility index (Phi) is 2.64. The number of aliphatic hydroxyl groups excluding tert-OH is 1. The highest BCUT2D eigenvalue weighted by molar-refractivity contribution is 5.84. The van der Waals surface area contributed by atoms with Crippen molar-refractivity contribution in [1.82, 2.24) is 0 Å². The van der Waals surface area contributed by atoms with Gasteiger partial charge in [-0.3, -0.25) is 4.99 Å².